The molecule has 0 radical (unpaired) electrons. The smallest absolute Gasteiger partial charge is 0.300 e. The Morgan fingerprint density at radius 3 is 2.40 bits per heavy atom. The number of rotatable bonds is 4. The van der Waals surface area contributed by atoms with Crippen LogP contribution in [0.1, 0.15) is 33.9 Å². The minimum absolute atomic E-state index is 0.0311. The molecule has 3 aromatic carbocycles. The highest BCUT2D eigenvalue weighted by atomic mass is 16.5. The molecule has 2 heterocycles. The van der Waals surface area contributed by atoms with Gasteiger partial charge in [0, 0.05) is 28.4 Å². The second-order valence-electron chi connectivity index (χ2n) is 8.96. The molecule has 1 saturated heterocycles. The van der Waals surface area contributed by atoms with Crippen LogP contribution in [0.3, 0.4) is 0 Å². The predicted molar refractivity (Wildman–Crippen MR) is 137 cm³/mol. The van der Waals surface area contributed by atoms with Crippen LogP contribution < -0.4 is 9.64 Å². The normalized spacial score (nSPS) is 17.4. The van der Waals surface area contributed by atoms with Gasteiger partial charge in [0.25, 0.3) is 11.7 Å². The van der Waals surface area contributed by atoms with Gasteiger partial charge in [0.05, 0.1) is 24.3 Å². The van der Waals surface area contributed by atoms with Crippen molar-refractivity contribution in [1.82, 2.24) is 4.98 Å². The number of nitrogens with zero attached hydrogens (tertiary/aromatic N) is 1. The zero-order valence-corrected chi connectivity index (χ0v) is 20.0. The number of aromatic amines is 1. The lowest BCUT2D eigenvalue weighted by atomic mass is 9.93. The quantitative estimate of drug-likeness (QED) is 0.229. The maximum absolute atomic E-state index is 13.5. The maximum Gasteiger partial charge on any atom is 0.300 e. The Morgan fingerprint density at radius 1 is 0.971 bits per heavy atom. The molecule has 0 saturated carbocycles. The Balaban J connectivity index is 1.82. The minimum Gasteiger partial charge on any atom is -0.507 e. The number of aliphatic hydroxyl groups excluding tert-OH is 1. The second kappa shape index (κ2) is 8.47. The lowest BCUT2D eigenvalue weighted by Crippen LogP contribution is -2.29. The van der Waals surface area contributed by atoms with Crippen molar-refractivity contribution in [2.75, 3.05) is 12.0 Å². The number of aryl methyl sites for hydroxylation is 3. The molecule has 5 rings (SSSR count). The summed E-state index contributed by atoms with van der Waals surface area (Å²) < 4.78 is 5.58. The molecular formula is C29H26N2O4. The van der Waals surface area contributed by atoms with Crippen LogP contribution in [0.2, 0.25) is 0 Å². The number of ketones is 1. The summed E-state index contributed by atoms with van der Waals surface area (Å²) in [5, 5.41) is 12.5. The highest BCUT2D eigenvalue weighted by molar-refractivity contribution is 6.52. The number of Topliss-reactive ketones (excluding diaryl/α,β-unsaturated/α-hetero) is 1. The molecular weight excluding hydrogens is 440 g/mol. The molecule has 176 valence electrons. The molecule has 0 bridgehead atoms. The number of hydrogen-bond acceptors (Lipinski definition) is 4. The molecule has 1 aromatic heterocycles. The molecule has 1 amide bonds. The molecule has 2 N–H and O–H groups in total. The summed E-state index contributed by atoms with van der Waals surface area (Å²) in [6.45, 7) is 5.75. The van der Waals surface area contributed by atoms with E-state index in [0.717, 1.165) is 33.2 Å². The summed E-state index contributed by atoms with van der Waals surface area (Å²) in [4.78, 5) is 31.7. The number of hydrogen-bond donors (Lipinski definition) is 2. The van der Waals surface area contributed by atoms with Crippen molar-refractivity contribution in [3.8, 4) is 5.75 Å². The van der Waals surface area contributed by atoms with Crippen LogP contribution in [0, 0.1) is 20.8 Å². The number of carbonyl (C=O) groups excluding carboxylic acids is 2. The van der Waals surface area contributed by atoms with Gasteiger partial charge in [-0.15, -0.1) is 0 Å². The van der Waals surface area contributed by atoms with Crippen LogP contribution in [0.5, 0.6) is 5.75 Å². The van der Waals surface area contributed by atoms with E-state index in [1.165, 1.54) is 12.0 Å². The van der Waals surface area contributed by atoms with Gasteiger partial charge in [0.15, 0.2) is 0 Å². The van der Waals surface area contributed by atoms with E-state index in [2.05, 4.69) is 4.98 Å². The third kappa shape index (κ3) is 3.58. The number of H-pyrrole nitrogens is 1. The van der Waals surface area contributed by atoms with Gasteiger partial charge in [-0.2, -0.15) is 0 Å². The summed E-state index contributed by atoms with van der Waals surface area (Å²) in [5.41, 5.74) is 5.37. The van der Waals surface area contributed by atoms with E-state index in [0.29, 0.717) is 17.0 Å². The molecule has 0 aliphatic carbocycles. The van der Waals surface area contributed by atoms with Gasteiger partial charge in [-0.05, 0) is 56.2 Å². The monoisotopic (exact) mass is 466 g/mol. The van der Waals surface area contributed by atoms with Gasteiger partial charge in [0.2, 0.25) is 0 Å². The number of fused-ring (bicyclic) bond motifs is 1. The first-order valence-electron chi connectivity index (χ1n) is 11.4. The Labute approximate surface area is 203 Å². The largest absolute Gasteiger partial charge is 0.507 e. The van der Waals surface area contributed by atoms with E-state index >= 15 is 0 Å². The van der Waals surface area contributed by atoms with Gasteiger partial charge in [-0.1, -0.05) is 42.0 Å². The molecule has 1 aliphatic heterocycles. The van der Waals surface area contributed by atoms with Crippen LogP contribution in [0.25, 0.3) is 16.7 Å². The number of carbonyl (C=O) groups is 2. The van der Waals surface area contributed by atoms with Crippen molar-refractivity contribution in [1.29, 1.82) is 0 Å². The first-order valence-corrected chi connectivity index (χ1v) is 11.4. The first-order chi connectivity index (χ1) is 16.8. The van der Waals surface area contributed by atoms with Gasteiger partial charge in [-0.3, -0.25) is 14.5 Å². The van der Waals surface area contributed by atoms with Crippen LogP contribution >= 0.6 is 0 Å². The Kier molecular flexibility index (Phi) is 5.44. The SMILES string of the molecule is COc1c(C)cc(C)cc1/C(O)=C1\C(=O)C(=O)N(c2ccc(C)cc2)C1c1c[nH]c2ccccc12. The van der Waals surface area contributed by atoms with Crippen LogP contribution in [0.4, 0.5) is 5.69 Å². The molecule has 1 unspecified atom stereocenters. The summed E-state index contributed by atoms with van der Waals surface area (Å²) >= 11 is 0. The fourth-order valence-corrected chi connectivity index (χ4v) is 4.96. The lowest BCUT2D eigenvalue weighted by Gasteiger charge is -2.25. The fraction of sp³-hybridized carbons (Fsp3) is 0.172. The Bertz CT molecular complexity index is 1510. The topological polar surface area (TPSA) is 82.6 Å². The predicted octanol–water partition coefficient (Wildman–Crippen LogP) is 5.73. The number of methoxy groups -OCH3 is 1. The third-order valence-corrected chi connectivity index (χ3v) is 6.55. The van der Waals surface area contributed by atoms with Crippen LogP contribution in [0.15, 0.2) is 72.4 Å². The van der Waals surface area contributed by atoms with Crippen molar-refractivity contribution in [2.45, 2.75) is 26.8 Å². The number of benzene rings is 3. The van der Waals surface area contributed by atoms with E-state index in [9.17, 15) is 14.7 Å². The standard InChI is InChI=1S/C29H26N2O4/c1-16-9-11-19(12-10-16)31-25(22-15-30-23-8-6-5-7-20(22)23)24(27(33)29(31)34)26(32)21-14-17(2)13-18(3)28(21)35-4/h5-15,25,30,32H,1-4H3/b26-24+. The second-order valence-corrected chi connectivity index (χ2v) is 8.96. The fourth-order valence-electron chi connectivity index (χ4n) is 4.96. The molecule has 4 aromatic rings. The number of ether oxygens (including phenoxy) is 1. The Hall–Kier alpha value is -4.32. The van der Waals surface area contributed by atoms with E-state index in [4.69, 9.17) is 4.74 Å². The average Bonchev–Trinajstić information content (AvgIpc) is 3.37. The zero-order valence-electron chi connectivity index (χ0n) is 20.0. The summed E-state index contributed by atoms with van der Waals surface area (Å²) in [7, 11) is 1.52. The molecule has 35 heavy (non-hydrogen) atoms. The number of aliphatic hydroxyl groups is 1. The van der Waals surface area contributed by atoms with Gasteiger partial charge < -0.3 is 14.8 Å². The van der Waals surface area contributed by atoms with Crippen LogP contribution in [-0.4, -0.2) is 28.9 Å². The third-order valence-electron chi connectivity index (χ3n) is 6.55. The van der Waals surface area contributed by atoms with Crippen molar-refractivity contribution in [2.24, 2.45) is 0 Å². The molecule has 1 aliphatic rings. The average molecular weight is 467 g/mol. The van der Waals surface area contributed by atoms with E-state index in [1.54, 1.807) is 12.3 Å². The number of aromatic nitrogens is 1. The van der Waals surface area contributed by atoms with Crippen molar-refractivity contribution < 1.29 is 19.4 Å². The van der Waals surface area contributed by atoms with Crippen molar-refractivity contribution in [3.05, 3.63) is 100 Å². The zero-order chi connectivity index (χ0) is 24.9. The number of anilines is 1. The van der Waals surface area contributed by atoms with Gasteiger partial charge in [-0.25, -0.2) is 0 Å². The molecule has 6 heteroatoms. The summed E-state index contributed by atoms with van der Waals surface area (Å²) in [6, 6.07) is 18.0. The number of para-hydroxylation sites is 1. The molecule has 1 fully saturated rings. The summed E-state index contributed by atoms with van der Waals surface area (Å²) in [6.07, 6.45) is 1.80. The highest BCUT2D eigenvalue weighted by Gasteiger charge is 2.48. The van der Waals surface area contributed by atoms with E-state index in [1.807, 2.05) is 75.4 Å². The van der Waals surface area contributed by atoms with Crippen molar-refractivity contribution >= 4 is 34.0 Å². The summed E-state index contributed by atoms with van der Waals surface area (Å²) in [5.74, 6) is -1.21. The lowest BCUT2D eigenvalue weighted by molar-refractivity contribution is -0.132. The van der Waals surface area contributed by atoms with Crippen LogP contribution in [-0.2, 0) is 9.59 Å². The Morgan fingerprint density at radius 2 is 1.69 bits per heavy atom. The van der Waals surface area contributed by atoms with E-state index < -0.39 is 17.7 Å². The van der Waals surface area contributed by atoms with Gasteiger partial charge >= 0.3 is 0 Å². The minimum atomic E-state index is -0.820. The highest BCUT2D eigenvalue weighted by Crippen LogP contribution is 2.45. The molecule has 1 atom stereocenters. The van der Waals surface area contributed by atoms with Crippen molar-refractivity contribution in [3.63, 3.8) is 0 Å². The number of nitrogens with one attached hydrogen (secondary N) is 1. The molecule has 6 nitrogen and oxygen atoms in total. The maximum atomic E-state index is 13.5. The van der Waals surface area contributed by atoms with E-state index in [-0.39, 0.29) is 11.3 Å². The number of amides is 1. The van der Waals surface area contributed by atoms with Gasteiger partial charge in [0.1, 0.15) is 11.5 Å². The molecule has 0 spiro atoms. The first kappa shape index (κ1) is 22.5.